The van der Waals surface area contributed by atoms with E-state index >= 15 is 0 Å². The molecule has 40 heavy (non-hydrogen) atoms. The van der Waals surface area contributed by atoms with Crippen LogP contribution in [0.2, 0.25) is 18.1 Å². The molecule has 0 radical (unpaired) electrons. The summed E-state index contributed by atoms with van der Waals surface area (Å²) in [6, 6.07) is 8.82. The van der Waals surface area contributed by atoms with Crippen LogP contribution in [0, 0.1) is 0 Å². The fourth-order valence-corrected chi connectivity index (χ4v) is 7.13. The zero-order valence-corrected chi connectivity index (χ0v) is 25.9. The standard InChI is InChI=1S/C31H45N5O3Si/c1-30(2,3)40(4,5)39-21-25-33-27(32-22-9-8-10-22)26-28(34-25)36(29(37)31(26)15-6-7-16-31)24-13-11-23(12-14-24)35-17-19-38-20-18-35/h11-14,22H,6-10,15-21H2,1-5H3,(H,32,33,34). The van der Waals surface area contributed by atoms with Crippen molar-refractivity contribution in [3.63, 3.8) is 0 Å². The van der Waals surface area contributed by atoms with E-state index in [2.05, 4.69) is 68.3 Å². The van der Waals surface area contributed by atoms with Crippen molar-refractivity contribution in [2.45, 2.75) is 102 Å². The molecule has 2 aliphatic carbocycles. The van der Waals surface area contributed by atoms with E-state index in [1.54, 1.807) is 0 Å². The summed E-state index contributed by atoms with van der Waals surface area (Å²) in [5, 5.41) is 3.84. The molecule has 1 N–H and O–H groups in total. The van der Waals surface area contributed by atoms with E-state index in [9.17, 15) is 4.79 Å². The van der Waals surface area contributed by atoms with E-state index < -0.39 is 13.7 Å². The SMILES string of the molecule is CC(C)(C)[Si](C)(C)OCc1nc(NC2CCC2)c2c(n1)N(c1ccc(N3CCOCC3)cc1)C(=O)C21CCCC1. The van der Waals surface area contributed by atoms with Crippen LogP contribution in [0.3, 0.4) is 0 Å². The molecule has 8 nitrogen and oxygen atoms in total. The first-order valence-electron chi connectivity index (χ1n) is 15.2. The topological polar surface area (TPSA) is 79.8 Å². The van der Waals surface area contributed by atoms with Crippen molar-refractivity contribution in [1.82, 2.24) is 9.97 Å². The lowest BCUT2D eigenvalue weighted by Gasteiger charge is -2.36. The zero-order chi connectivity index (χ0) is 28.1. The predicted octanol–water partition coefficient (Wildman–Crippen LogP) is 6.29. The van der Waals surface area contributed by atoms with Crippen molar-refractivity contribution < 1.29 is 14.0 Å². The van der Waals surface area contributed by atoms with Crippen LogP contribution >= 0.6 is 0 Å². The second kappa shape index (κ2) is 10.4. The van der Waals surface area contributed by atoms with Gasteiger partial charge in [-0.2, -0.15) is 0 Å². The first-order valence-corrected chi connectivity index (χ1v) is 18.1. The van der Waals surface area contributed by atoms with Crippen LogP contribution in [-0.2, 0) is 26.0 Å². The number of carbonyl (C=O) groups excluding carboxylic acids is 1. The molecule has 3 heterocycles. The Morgan fingerprint density at radius 3 is 2.27 bits per heavy atom. The van der Waals surface area contributed by atoms with E-state index in [1.165, 1.54) is 6.42 Å². The predicted molar refractivity (Wildman–Crippen MR) is 162 cm³/mol. The lowest BCUT2D eigenvalue weighted by atomic mass is 9.80. The van der Waals surface area contributed by atoms with Crippen LogP contribution in [0.4, 0.5) is 23.0 Å². The highest BCUT2D eigenvalue weighted by Crippen LogP contribution is 2.55. The fraction of sp³-hybridized carbons (Fsp3) is 0.645. The van der Waals surface area contributed by atoms with Crippen LogP contribution in [-0.4, -0.2) is 56.5 Å². The van der Waals surface area contributed by atoms with Gasteiger partial charge in [0, 0.05) is 24.8 Å². The van der Waals surface area contributed by atoms with Gasteiger partial charge in [-0.3, -0.25) is 9.69 Å². The van der Waals surface area contributed by atoms with Gasteiger partial charge in [0.2, 0.25) is 5.91 Å². The van der Waals surface area contributed by atoms with Gasteiger partial charge < -0.3 is 19.4 Å². The van der Waals surface area contributed by atoms with Gasteiger partial charge in [-0.05, 0) is 74.5 Å². The van der Waals surface area contributed by atoms with Crippen LogP contribution in [0.5, 0.6) is 0 Å². The van der Waals surface area contributed by atoms with Crippen LogP contribution < -0.4 is 15.1 Å². The van der Waals surface area contributed by atoms with Crippen molar-refractivity contribution in [2.24, 2.45) is 0 Å². The zero-order valence-electron chi connectivity index (χ0n) is 24.9. The number of carbonyl (C=O) groups is 1. The molecule has 1 spiro atoms. The molecule has 1 amide bonds. The van der Waals surface area contributed by atoms with E-state index in [-0.39, 0.29) is 10.9 Å². The smallest absolute Gasteiger partial charge is 0.243 e. The Morgan fingerprint density at radius 1 is 1.02 bits per heavy atom. The Kier molecular flexibility index (Phi) is 7.20. The summed E-state index contributed by atoms with van der Waals surface area (Å²) in [4.78, 5) is 28.9. The highest BCUT2D eigenvalue weighted by atomic mass is 28.4. The lowest BCUT2D eigenvalue weighted by Crippen LogP contribution is -2.40. The minimum atomic E-state index is -2.00. The third kappa shape index (κ3) is 4.84. The number of anilines is 4. The number of fused-ring (bicyclic) bond motifs is 2. The maximum atomic E-state index is 14.4. The van der Waals surface area contributed by atoms with E-state index in [0.29, 0.717) is 18.5 Å². The van der Waals surface area contributed by atoms with Gasteiger partial charge in [-0.25, -0.2) is 9.97 Å². The number of rotatable bonds is 7. The average Bonchev–Trinajstić information content (AvgIpc) is 3.49. The van der Waals surface area contributed by atoms with E-state index in [4.69, 9.17) is 19.1 Å². The van der Waals surface area contributed by atoms with Gasteiger partial charge in [0.1, 0.15) is 11.6 Å². The Hall–Kier alpha value is -2.49. The number of nitrogens with zero attached hydrogens (tertiary/aromatic N) is 4. The Labute approximate surface area is 240 Å². The molecule has 0 atom stereocenters. The average molecular weight is 564 g/mol. The van der Waals surface area contributed by atoms with Gasteiger partial charge in [-0.1, -0.05) is 33.6 Å². The quantitative estimate of drug-likeness (QED) is 0.397. The number of hydrogen-bond acceptors (Lipinski definition) is 7. The molecule has 1 saturated heterocycles. The Bertz CT molecular complexity index is 1240. The van der Waals surface area contributed by atoms with Gasteiger partial charge in [0.15, 0.2) is 14.1 Å². The maximum Gasteiger partial charge on any atom is 0.243 e. The number of hydrogen-bond donors (Lipinski definition) is 1. The molecule has 216 valence electrons. The minimum absolute atomic E-state index is 0.0921. The molecule has 0 bridgehead atoms. The molecule has 3 fully saturated rings. The van der Waals surface area contributed by atoms with Gasteiger partial charge in [0.25, 0.3) is 0 Å². The summed E-state index contributed by atoms with van der Waals surface area (Å²) < 4.78 is 12.1. The largest absolute Gasteiger partial charge is 0.409 e. The highest BCUT2D eigenvalue weighted by molar-refractivity contribution is 6.74. The van der Waals surface area contributed by atoms with Gasteiger partial charge in [0.05, 0.1) is 36.5 Å². The van der Waals surface area contributed by atoms with Crippen molar-refractivity contribution in [2.75, 3.05) is 41.4 Å². The summed E-state index contributed by atoms with van der Waals surface area (Å²) in [5.41, 5.74) is 2.49. The Morgan fingerprint density at radius 2 is 1.68 bits per heavy atom. The summed E-state index contributed by atoms with van der Waals surface area (Å²) >= 11 is 0. The highest BCUT2D eigenvalue weighted by Gasteiger charge is 2.56. The van der Waals surface area contributed by atoms with Crippen molar-refractivity contribution >= 4 is 37.2 Å². The van der Waals surface area contributed by atoms with Crippen LogP contribution in [0.1, 0.15) is 77.1 Å². The molecule has 2 saturated carbocycles. The molecule has 1 aromatic heterocycles. The fourth-order valence-electron chi connectivity index (χ4n) is 6.21. The molecule has 4 aliphatic rings. The lowest BCUT2D eigenvalue weighted by molar-refractivity contribution is -0.122. The normalized spacial score (nSPS) is 21.2. The number of ether oxygens (including phenoxy) is 1. The Balaban J connectivity index is 1.40. The van der Waals surface area contributed by atoms with Gasteiger partial charge in [-0.15, -0.1) is 0 Å². The number of nitrogens with one attached hydrogen (secondary N) is 1. The monoisotopic (exact) mass is 563 g/mol. The maximum absolute atomic E-state index is 14.4. The van der Waals surface area contributed by atoms with Gasteiger partial charge >= 0.3 is 0 Å². The molecule has 2 aliphatic heterocycles. The number of morpholine rings is 1. The second-order valence-corrected chi connectivity index (χ2v) is 18.4. The molecule has 0 unspecified atom stereocenters. The minimum Gasteiger partial charge on any atom is -0.409 e. The van der Waals surface area contributed by atoms with E-state index in [1.807, 2.05) is 4.90 Å². The first kappa shape index (κ1) is 27.7. The molecule has 2 aromatic rings. The summed E-state index contributed by atoms with van der Waals surface area (Å²) in [7, 11) is -2.00. The number of aromatic nitrogens is 2. The summed E-state index contributed by atoms with van der Waals surface area (Å²) in [6.45, 7) is 14.9. The third-order valence-corrected chi connectivity index (χ3v) is 14.5. The molecule has 1 aromatic carbocycles. The molecular weight excluding hydrogens is 518 g/mol. The van der Waals surface area contributed by atoms with E-state index in [0.717, 1.165) is 93.4 Å². The first-order chi connectivity index (χ1) is 19.1. The number of benzene rings is 1. The van der Waals surface area contributed by atoms with Crippen molar-refractivity contribution in [3.8, 4) is 0 Å². The van der Waals surface area contributed by atoms with Crippen molar-refractivity contribution in [1.29, 1.82) is 0 Å². The second-order valence-electron chi connectivity index (χ2n) is 13.6. The molecule has 6 rings (SSSR count). The van der Waals surface area contributed by atoms with Crippen LogP contribution in [0.25, 0.3) is 0 Å². The number of amides is 1. The third-order valence-electron chi connectivity index (χ3n) is 9.99. The summed E-state index contributed by atoms with van der Waals surface area (Å²) in [5.74, 6) is 2.40. The summed E-state index contributed by atoms with van der Waals surface area (Å²) in [6.07, 6.45) is 7.32. The molecule has 9 heteroatoms. The molecular formula is C31H45N5O3Si. The van der Waals surface area contributed by atoms with Crippen molar-refractivity contribution in [3.05, 3.63) is 35.7 Å². The van der Waals surface area contributed by atoms with Crippen LogP contribution in [0.15, 0.2) is 24.3 Å².